The van der Waals surface area contributed by atoms with Gasteiger partial charge in [0.25, 0.3) is 5.56 Å². The molecule has 0 fully saturated rings. The minimum Gasteiger partial charge on any atom is -0.481 e. The van der Waals surface area contributed by atoms with Gasteiger partial charge in [-0.15, -0.1) is 0 Å². The number of benzene rings is 1. The zero-order valence-corrected chi connectivity index (χ0v) is 9.56. The second kappa shape index (κ2) is 4.29. The van der Waals surface area contributed by atoms with Gasteiger partial charge >= 0.3 is 0 Å². The van der Waals surface area contributed by atoms with Crippen molar-refractivity contribution in [3.05, 3.63) is 46.2 Å². The lowest BCUT2D eigenvalue weighted by Crippen LogP contribution is -2.19. The van der Waals surface area contributed by atoms with E-state index in [0.29, 0.717) is 5.69 Å². The molecule has 2 aromatic rings. The lowest BCUT2D eigenvalue weighted by molar-refractivity contribution is 0.101. The normalized spacial score (nSPS) is 10.2. The molecule has 0 radical (unpaired) electrons. The molecule has 1 aromatic heterocycles. The maximum atomic E-state index is 12.0. The molecule has 1 N–H and O–H groups in total. The van der Waals surface area contributed by atoms with Crippen molar-refractivity contribution in [2.45, 2.75) is 6.92 Å². The molecule has 1 heterocycles. The number of nitrogens with one attached hydrogen (secondary N) is 1. The molecule has 0 saturated carbocycles. The van der Waals surface area contributed by atoms with E-state index >= 15 is 0 Å². The van der Waals surface area contributed by atoms with Crippen LogP contribution >= 0.6 is 0 Å². The molecule has 0 aliphatic rings. The van der Waals surface area contributed by atoms with Crippen molar-refractivity contribution < 1.29 is 9.53 Å². The van der Waals surface area contributed by atoms with Gasteiger partial charge < -0.3 is 4.74 Å². The summed E-state index contributed by atoms with van der Waals surface area (Å²) in [5.41, 5.74) is 0.292. The van der Waals surface area contributed by atoms with E-state index in [9.17, 15) is 9.59 Å². The van der Waals surface area contributed by atoms with E-state index in [1.54, 1.807) is 12.1 Å². The van der Waals surface area contributed by atoms with Gasteiger partial charge in [-0.3, -0.25) is 14.7 Å². The number of hydrogen-bond donors (Lipinski definition) is 1. The quantitative estimate of drug-likeness (QED) is 0.813. The summed E-state index contributed by atoms with van der Waals surface area (Å²) in [6.45, 7) is 1.34. The van der Waals surface area contributed by atoms with Crippen LogP contribution in [0.4, 0.5) is 0 Å². The number of methoxy groups -OCH3 is 1. The van der Waals surface area contributed by atoms with E-state index < -0.39 is 5.56 Å². The Hall–Kier alpha value is -2.30. The number of ketones is 1. The van der Waals surface area contributed by atoms with Crippen molar-refractivity contribution in [2.24, 2.45) is 0 Å². The zero-order chi connectivity index (χ0) is 12.4. The lowest BCUT2D eigenvalue weighted by Gasteiger charge is -1.99. The third kappa shape index (κ3) is 1.87. The second-order valence-corrected chi connectivity index (χ2v) is 3.55. The number of hydrogen-bond acceptors (Lipinski definition) is 3. The van der Waals surface area contributed by atoms with Crippen LogP contribution in [0.15, 0.2) is 35.1 Å². The molecule has 5 nitrogen and oxygen atoms in total. The van der Waals surface area contributed by atoms with Crippen molar-refractivity contribution in [3.8, 4) is 11.6 Å². The molecule has 0 aliphatic heterocycles. The van der Waals surface area contributed by atoms with Crippen LogP contribution in [-0.4, -0.2) is 22.7 Å². The van der Waals surface area contributed by atoms with Crippen LogP contribution in [0, 0.1) is 0 Å². The number of aromatic nitrogens is 2. The van der Waals surface area contributed by atoms with Gasteiger partial charge in [-0.1, -0.05) is 18.2 Å². The summed E-state index contributed by atoms with van der Waals surface area (Å²) in [4.78, 5) is 23.4. The molecular formula is C12H12N2O3. The molecule has 0 amide bonds. The standard InChI is InChI=1S/C12H12N2O3/c1-8(15)10-11(17-2)13-14(12(10)16)9-6-4-3-5-7-9/h3-7,13H,1-2H3. The zero-order valence-electron chi connectivity index (χ0n) is 9.56. The van der Waals surface area contributed by atoms with Crippen LogP contribution in [0.1, 0.15) is 17.3 Å². The number of rotatable bonds is 3. The molecule has 0 bridgehead atoms. The highest BCUT2D eigenvalue weighted by Gasteiger charge is 2.19. The summed E-state index contributed by atoms with van der Waals surface area (Å²) in [6, 6.07) is 8.99. The first-order valence-electron chi connectivity index (χ1n) is 5.10. The third-order valence-electron chi connectivity index (χ3n) is 2.43. The van der Waals surface area contributed by atoms with Crippen molar-refractivity contribution >= 4 is 5.78 Å². The van der Waals surface area contributed by atoms with Gasteiger partial charge in [0.15, 0.2) is 5.78 Å². The third-order valence-corrected chi connectivity index (χ3v) is 2.43. The van der Waals surface area contributed by atoms with Crippen molar-refractivity contribution in [1.82, 2.24) is 9.78 Å². The van der Waals surface area contributed by atoms with E-state index in [1.165, 1.54) is 18.7 Å². The van der Waals surface area contributed by atoms with Gasteiger partial charge in [0.2, 0.25) is 5.88 Å². The highest BCUT2D eigenvalue weighted by atomic mass is 16.5. The summed E-state index contributed by atoms with van der Waals surface area (Å²) in [5, 5.41) is 2.76. The average molecular weight is 232 g/mol. The Bertz CT molecular complexity index is 596. The fraction of sp³-hybridized carbons (Fsp3) is 0.167. The van der Waals surface area contributed by atoms with Crippen molar-refractivity contribution in [1.29, 1.82) is 0 Å². The average Bonchev–Trinajstić information content (AvgIpc) is 2.67. The number of aromatic amines is 1. The first kappa shape index (κ1) is 11.2. The largest absolute Gasteiger partial charge is 0.481 e. The minimum atomic E-state index is -0.402. The SMILES string of the molecule is COc1[nH]n(-c2ccccc2)c(=O)c1C(C)=O. The van der Waals surface area contributed by atoms with E-state index in [-0.39, 0.29) is 17.2 Å². The topological polar surface area (TPSA) is 64.1 Å². The maximum Gasteiger partial charge on any atom is 0.286 e. The van der Waals surface area contributed by atoms with E-state index in [4.69, 9.17) is 4.74 Å². The highest BCUT2D eigenvalue weighted by Crippen LogP contribution is 2.14. The van der Waals surface area contributed by atoms with E-state index in [0.717, 1.165) is 0 Å². The van der Waals surface area contributed by atoms with Crippen LogP contribution in [0.2, 0.25) is 0 Å². The number of para-hydroxylation sites is 1. The summed E-state index contributed by atoms with van der Waals surface area (Å²) in [6.07, 6.45) is 0. The van der Waals surface area contributed by atoms with Gasteiger partial charge in [-0.2, -0.15) is 0 Å². The van der Waals surface area contributed by atoms with Crippen LogP contribution in [-0.2, 0) is 0 Å². The van der Waals surface area contributed by atoms with Gasteiger partial charge in [0, 0.05) is 0 Å². The molecular weight excluding hydrogens is 220 g/mol. The Morgan fingerprint density at radius 3 is 2.41 bits per heavy atom. The predicted octanol–water partition coefficient (Wildman–Crippen LogP) is 1.38. The summed E-state index contributed by atoms with van der Waals surface area (Å²) >= 11 is 0. The molecule has 1 aromatic carbocycles. The molecule has 0 aliphatic carbocycles. The number of ether oxygens (including phenoxy) is 1. The van der Waals surface area contributed by atoms with E-state index in [1.807, 2.05) is 18.2 Å². The second-order valence-electron chi connectivity index (χ2n) is 3.55. The summed E-state index contributed by atoms with van der Waals surface area (Å²) in [5.74, 6) is -0.135. The Balaban J connectivity index is 2.66. The number of nitrogens with zero attached hydrogens (tertiary/aromatic N) is 1. The molecule has 2 rings (SSSR count). The fourth-order valence-corrected chi connectivity index (χ4v) is 1.63. The molecule has 5 heteroatoms. The molecule has 0 saturated heterocycles. The minimum absolute atomic E-state index is 0.0383. The Kier molecular flexibility index (Phi) is 2.82. The van der Waals surface area contributed by atoms with Crippen LogP contribution in [0.3, 0.4) is 0 Å². The summed E-state index contributed by atoms with van der Waals surface area (Å²) in [7, 11) is 1.41. The van der Waals surface area contributed by atoms with Crippen LogP contribution in [0.25, 0.3) is 5.69 Å². The number of carbonyl (C=O) groups is 1. The molecule has 0 atom stereocenters. The highest BCUT2D eigenvalue weighted by molar-refractivity contribution is 5.96. The van der Waals surface area contributed by atoms with Crippen molar-refractivity contribution in [3.63, 3.8) is 0 Å². The van der Waals surface area contributed by atoms with Crippen LogP contribution in [0.5, 0.6) is 5.88 Å². The first-order chi connectivity index (χ1) is 8.15. The number of H-pyrrole nitrogens is 1. The number of Topliss-reactive ketones (excluding diaryl/α,β-unsaturated/α-hetero) is 1. The Morgan fingerprint density at radius 2 is 1.94 bits per heavy atom. The Morgan fingerprint density at radius 1 is 1.29 bits per heavy atom. The number of carbonyl (C=O) groups excluding carboxylic acids is 1. The summed E-state index contributed by atoms with van der Waals surface area (Å²) < 4.78 is 6.28. The maximum absolute atomic E-state index is 12.0. The Labute approximate surface area is 97.6 Å². The molecule has 88 valence electrons. The molecule has 0 spiro atoms. The van der Waals surface area contributed by atoms with E-state index in [2.05, 4.69) is 5.10 Å². The van der Waals surface area contributed by atoms with Gasteiger partial charge in [-0.25, -0.2) is 4.68 Å². The van der Waals surface area contributed by atoms with Crippen LogP contribution < -0.4 is 10.3 Å². The van der Waals surface area contributed by atoms with Gasteiger partial charge in [-0.05, 0) is 19.1 Å². The van der Waals surface area contributed by atoms with Gasteiger partial charge in [0.05, 0.1) is 12.8 Å². The monoisotopic (exact) mass is 232 g/mol. The lowest BCUT2D eigenvalue weighted by atomic mass is 10.2. The first-order valence-corrected chi connectivity index (χ1v) is 5.10. The smallest absolute Gasteiger partial charge is 0.286 e. The van der Waals surface area contributed by atoms with Crippen molar-refractivity contribution in [2.75, 3.05) is 7.11 Å². The fourth-order valence-electron chi connectivity index (χ4n) is 1.63. The van der Waals surface area contributed by atoms with Gasteiger partial charge in [0.1, 0.15) is 5.56 Å². The molecule has 0 unspecified atom stereocenters. The predicted molar refractivity (Wildman–Crippen MR) is 62.9 cm³/mol. The molecule has 17 heavy (non-hydrogen) atoms.